The molecular weight excluding hydrogens is 206 g/mol. The molecule has 0 fully saturated rings. The fourth-order valence-electron chi connectivity index (χ4n) is 1.14. The van der Waals surface area contributed by atoms with Crippen LogP contribution in [0.5, 0.6) is 0 Å². The number of aliphatic imine (C=N–C) groups is 1. The number of ether oxygens (including phenoxy) is 1. The van der Waals surface area contributed by atoms with Crippen molar-refractivity contribution in [3.05, 3.63) is 48.4 Å². The molecule has 4 heteroatoms. The van der Waals surface area contributed by atoms with E-state index in [2.05, 4.69) is 11.6 Å². The molecule has 0 aromatic carbocycles. The fraction of sp³-hybridized carbons (Fsp3) is 0.167. The van der Waals surface area contributed by atoms with Crippen LogP contribution in [-0.2, 0) is 9.53 Å². The minimum absolute atomic E-state index is 0.0539. The minimum Gasteiger partial charge on any atom is -0.501 e. The van der Waals surface area contributed by atoms with Crippen LogP contribution in [-0.4, -0.2) is 23.9 Å². The summed E-state index contributed by atoms with van der Waals surface area (Å²) in [6.07, 6.45) is 8.79. The van der Waals surface area contributed by atoms with Gasteiger partial charge in [0.05, 0.1) is 12.9 Å². The van der Waals surface area contributed by atoms with Gasteiger partial charge in [0, 0.05) is 18.2 Å². The number of hydrogen-bond donors (Lipinski definition) is 1. The molecule has 1 heterocycles. The predicted molar refractivity (Wildman–Crippen MR) is 62.2 cm³/mol. The number of allylic oxidation sites excluding steroid dienone is 4. The van der Waals surface area contributed by atoms with Gasteiger partial charge in [0.1, 0.15) is 0 Å². The van der Waals surface area contributed by atoms with Crippen molar-refractivity contribution >= 4 is 11.7 Å². The van der Waals surface area contributed by atoms with Crippen LogP contribution in [0.2, 0.25) is 0 Å². The summed E-state index contributed by atoms with van der Waals surface area (Å²) in [5.41, 5.74) is 0.299. The van der Waals surface area contributed by atoms with Gasteiger partial charge in [0.25, 0.3) is 0 Å². The normalized spacial score (nSPS) is 26.9. The summed E-state index contributed by atoms with van der Waals surface area (Å²) >= 11 is 0. The van der Waals surface area contributed by atoms with Crippen LogP contribution in [0, 0.1) is 0 Å². The molecule has 0 atom stereocenters. The highest BCUT2D eigenvalue weighted by molar-refractivity contribution is 6.43. The average molecular weight is 219 g/mol. The number of aliphatic carboxylic acids is 1. The highest BCUT2D eigenvalue weighted by atomic mass is 16.5. The first-order chi connectivity index (χ1) is 7.65. The fourth-order valence-corrected chi connectivity index (χ4v) is 1.14. The summed E-state index contributed by atoms with van der Waals surface area (Å²) in [5, 5.41) is 8.89. The number of nitrogens with zero attached hydrogens (tertiary/aromatic N) is 1. The molecule has 4 nitrogen and oxygen atoms in total. The van der Waals surface area contributed by atoms with Crippen LogP contribution < -0.4 is 0 Å². The molecule has 1 N–H and O–H groups in total. The first kappa shape index (κ1) is 12.0. The zero-order valence-corrected chi connectivity index (χ0v) is 9.01. The molecule has 0 spiro atoms. The average Bonchev–Trinajstić information content (AvgIpc) is 2.26. The summed E-state index contributed by atoms with van der Waals surface area (Å²) in [5.74, 6) is -0.315. The first-order valence-corrected chi connectivity index (χ1v) is 4.71. The molecule has 0 radical (unpaired) electrons. The van der Waals surface area contributed by atoms with Crippen LogP contribution in [0.4, 0.5) is 0 Å². The van der Waals surface area contributed by atoms with E-state index in [9.17, 15) is 4.79 Å². The quantitative estimate of drug-likeness (QED) is 0.773. The van der Waals surface area contributed by atoms with Gasteiger partial charge in [-0.1, -0.05) is 24.8 Å². The smallest absolute Gasteiger partial charge is 0.355 e. The molecule has 0 amide bonds. The van der Waals surface area contributed by atoms with Crippen molar-refractivity contribution in [2.45, 2.75) is 6.42 Å². The summed E-state index contributed by atoms with van der Waals surface area (Å²) in [6.45, 7) is 3.64. The molecule has 1 aliphatic heterocycles. The lowest BCUT2D eigenvalue weighted by atomic mass is 10.1. The highest BCUT2D eigenvalue weighted by Gasteiger charge is 2.10. The Kier molecular flexibility index (Phi) is 4.27. The Balaban J connectivity index is 3.00. The van der Waals surface area contributed by atoms with E-state index in [-0.39, 0.29) is 5.71 Å². The number of hydrogen-bond acceptors (Lipinski definition) is 3. The Labute approximate surface area is 94.0 Å². The second-order valence-electron chi connectivity index (χ2n) is 3.09. The third-order valence-corrected chi connectivity index (χ3v) is 1.98. The van der Waals surface area contributed by atoms with E-state index in [1.54, 1.807) is 31.4 Å². The second-order valence-corrected chi connectivity index (χ2v) is 3.09. The molecule has 16 heavy (non-hydrogen) atoms. The Hall–Kier alpha value is -2.10. The largest absolute Gasteiger partial charge is 0.501 e. The van der Waals surface area contributed by atoms with E-state index in [1.165, 1.54) is 6.20 Å². The van der Waals surface area contributed by atoms with Crippen LogP contribution in [0.15, 0.2) is 53.4 Å². The third kappa shape index (κ3) is 3.24. The molecule has 1 rings (SSSR count). The number of carbonyl (C=O) groups is 1. The molecule has 0 aliphatic carbocycles. The summed E-state index contributed by atoms with van der Waals surface area (Å²) in [6, 6.07) is 0. The van der Waals surface area contributed by atoms with E-state index in [0.29, 0.717) is 12.0 Å². The van der Waals surface area contributed by atoms with Crippen molar-refractivity contribution in [2.75, 3.05) is 7.11 Å². The Morgan fingerprint density at radius 3 is 3.00 bits per heavy atom. The lowest BCUT2D eigenvalue weighted by molar-refractivity contribution is -0.129. The van der Waals surface area contributed by atoms with Crippen LogP contribution in [0.25, 0.3) is 0 Å². The molecule has 0 unspecified atom stereocenters. The molecule has 0 aromatic heterocycles. The van der Waals surface area contributed by atoms with Gasteiger partial charge in [-0.25, -0.2) is 9.79 Å². The second kappa shape index (κ2) is 5.70. The standard InChI is InChI=1S/C12H13NO3/c1-9-5-3-6-10(16-2)7-4-8-13-11(9)12(14)15/h3-6,8H,1,7H2,2H3,(H,14,15)/b5-3-,8-4-,10-6+,13-11+. The number of methoxy groups -OCH3 is 1. The van der Waals surface area contributed by atoms with E-state index >= 15 is 0 Å². The third-order valence-electron chi connectivity index (χ3n) is 1.98. The zero-order chi connectivity index (χ0) is 12.0. The van der Waals surface area contributed by atoms with Crippen molar-refractivity contribution < 1.29 is 14.6 Å². The monoisotopic (exact) mass is 219 g/mol. The topological polar surface area (TPSA) is 58.9 Å². The van der Waals surface area contributed by atoms with Gasteiger partial charge in [-0.2, -0.15) is 0 Å². The van der Waals surface area contributed by atoms with Crippen molar-refractivity contribution in [3.8, 4) is 0 Å². The Morgan fingerprint density at radius 2 is 2.38 bits per heavy atom. The molecule has 84 valence electrons. The Morgan fingerprint density at radius 1 is 1.62 bits per heavy atom. The molecule has 1 aliphatic rings. The lowest BCUT2D eigenvalue weighted by Crippen LogP contribution is -2.13. The lowest BCUT2D eigenvalue weighted by Gasteiger charge is -2.03. The van der Waals surface area contributed by atoms with Gasteiger partial charge in [0.2, 0.25) is 0 Å². The van der Waals surface area contributed by atoms with E-state index in [4.69, 9.17) is 9.84 Å². The van der Waals surface area contributed by atoms with Crippen LogP contribution in [0.3, 0.4) is 0 Å². The maximum atomic E-state index is 10.8. The summed E-state index contributed by atoms with van der Waals surface area (Å²) in [7, 11) is 1.58. The van der Waals surface area contributed by atoms with Crippen LogP contribution in [0.1, 0.15) is 6.42 Å². The predicted octanol–water partition coefficient (Wildman–Crippen LogP) is 2.07. The maximum Gasteiger partial charge on any atom is 0.355 e. The molecular formula is C12H13NO3. The number of rotatable bonds is 2. The highest BCUT2D eigenvalue weighted by Crippen LogP contribution is 2.08. The van der Waals surface area contributed by atoms with Gasteiger partial charge < -0.3 is 9.84 Å². The molecule has 0 bridgehead atoms. The van der Waals surface area contributed by atoms with Crippen LogP contribution >= 0.6 is 0 Å². The van der Waals surface area contributed by atoms with Gasteiger partial charge in [-0.15, -0.1) is 0 Å². The van der Waals surface area contributed by atoms with Gasteiger partial charge in [-0.05, 0) is 6.08 Å². The van der Waals surface area contributed by atoms with E-state index in [1.807, 2.05) is 0 Å². The van der Waals surface area contributed by atoms with E-state index in [0.717, 1.165) is 5.76 Å². The van der Waals surface area contributed by atoms with Crippen molar-refractivity contribution in [1.82, 2.24) is 0 Å². The SMILES string of the molecule is C=C1/C=C\C=C(\OC)C/C=C\N=C/1C(=O)O. The summed E-state index contributed by atoms with van der Waals surface area (Å²) < 4.78 is 5.10. The maximum absolute atomic E-state index is 10.8. The summed E-state index contributed by atoms with van der Waals surface area (Å²) in [4.78, 5) is 14.7. The van der Waals surface area contributed by atoms with Crippen molar-refractivity contribution in [2.24, 2.45) is 4.99 Å². The number of carboxylic acids is 1. The molecule has 0 aromatic rings. The van der Waals surface area contributed by atoms with E-state index < -0.39 is 5.97 Å². The number of carboxylic acid groups (broad SMARTS) is 1. The van der Waals surface area contributed by atoms with Crippen molar-refractivity contribution in [1.29, 1.82) is 0 Å². The first-order valence-electron chi connectivity index (χ1n) is 4.71. The van der Waals surface area contributed by atoms with Gasteiger partial charge in [-0.3, -0.25) is 0 Å². The van der Waals surface area contributed by atoms with Crippen molar-refractivity contribution in [3.63, 3.8) is 0 Å². The van der Waals surface area contributed by atoms with Gasteiger partial charge >= 0.3 is 5.97 Å². The molecule has 0 saturated heterocycles. The van der Waals surface area contributed by atoms with Gasteiger partial charge in [0.15, 0.2) is 5.71 Å². The zero-order valence-electron chi connectivity index (χ0n) is 9.01. The minimum atomic E-state index is -1.09. The Bertz CT molecular complexity index is 414. The molecule has 0 saturated carbocycles.